The van der Waals surface area contributed by atoms with E-state index in [1.165, 1.54) is 11.0 Å². The van der Waals surface area contributed by atoms with Crippen LogP contribution >= 0.6 is 27.5 Å². The van der Waals surface area contributed by atoms with Gasteiger partial charge >= 0.3 is 0 Å². The highest BCUT2D eigenvalue weighted by Gasteiger charge is 2.31. The molecule has 1 atom stereocenters. The van der Waals surface area contributed by atoms with E-state index >= 15 is 0 Å². The Hall–Kier alpha value is -2.90. The lowest BCUT2D eigenvalue weighted by Crippen LogP contribution is -2.52. The van der Waals surface area contributed by atoms with E-state index in [1.807, 2.05) is 37.3 Å². The van der Waals surface area contributed by atoms with Crippen LogP contribution in [0.15, 0.2) is 77.3 Å². The predicted octanol–water partition coefficient (Wildman–Crippen LogP) is 5.79. The molecule has 3 aromatic carbocycles. The molecule has 184 valence electrons. The highest BCUT2D eigenvalue weighted by atomic mass is 79.9. The molecule has 0 aliphatic carbocycles. The fourth-order valence-corrected chi connectivity index (χ4v) is 4.34. The third kappa shape index (κ3) is 7.80. The van der Waals surface area contributed by atoms with Gasteiger partial charge in [0.25, 0.3) is 5.91 Å². The third-order valence-corrected chi connectivity index (χ3v) is 6.22. The van der Waals surface area contributed by atoms with E-state index in [9.17, 15) is 14.0 Å². The van der Waals surface area contributed by atoms with Gasteiger partial charge < -0.3 is 15.0 Å². The molecular formula is C27H27BrClFN2O3. The summed E-state index contributed by atoms with van der Waals surface area (Å²) in [5.74, 6) is -0.751. The molecule has 0 saturated heterocycles. The number of rotatable bonds is 11. The molecule has 0 heterocycles. The van der Waals surface area contributed by atoms with Crippen molar-refractivity contribution in [1.82, 2.24) is 10.2 Å². The van der Waals surface area contributed by atoms with Gasteiger partial charge in [-0.1, -0.05) is 67.1 Å². The molecule has 0 aliphatic heterocycles. The number of carbonyl (C=O) groups excluding carboxylic acids is 2. The Morgan fingerprint density at radius 2 is 1.80 bits per heavy atom. The summed E-state index contributed by atoms with van der Waals surface area (Å²) in [7, 11) is 0. The van der Waals surface area contributed by atoms with Crippen molar-refractivity contribution in [3.8, 4) is 5.75 Å². The Kier molecular flexibility index (Phi) is 10.1. The first kappa shape index (κ1) is 26.7. The fraction of sp³-hybridized carbons (Fsp3) is 0.259. The van der Waals surface area contributed by atoms with E-state index in [0.29, 0.717) is 27.4 Å². The second-order valence-corrected chi connectivity index (χ2v) is 9.26. The van der Waals surface area contributed by atoms with Crippen LogP contribution < -0.4 is 10.1 Å². The first-order valence-corrected chi connectivity index (χ1v) is 12.5. The number of amides is 2. The molecule has 0 bridgehead atoms. The lowest BCUT2D eigenvalue weighted by atomic mass is 10.0. The Labute approximate surface area is 218 Å². The minimum atomic E-state index is -0.853. The van der Waals surface area contributed by atoms with Gasteiger partial charge in [0.1, 0.15) is 17.6 Å². The van der Waals surface area contributed by atoms with Gasteiger partial charge in [0.15, 0.2) is 6.61 Å². The quantitative estimate of drug-likeness (QED) is 0.323. The first-order valence-electron chi connectivity index (χ1n) is 11.3. The maximum absolute atomic E-state index is 14.6. The van der Waals surface area contributed by atoms with Crippen molar-refractivity contribution in [3.63, 3.8) is 0 Å². The summed E-state index contributed by atoms with van der Waals surface area (Å²) < 4.78 is 20.9. The van der Waals surface area contributed by atoms with Crippen LogP contribution in [0.25, 0.3) is 0 Å². The molecule has 8 heteroatoms. The number of ether oxygens (including phenoxy) is 1. The van der Waals surface area contributed by atoms with Crippen LogP contribution in [0.2, 0.25) is 5.02 Å². The highest BCUT2D eigenvalue weighted by Crippen LogP contribution is 2.28. The van der Waals surface area contributed by atoms with Gasteiger partial charge in [-0.05, 0) is 52.2 Å². The average molecular weight is 562 g/mol. The van der Waals surface area contributed by atoms with Gasteiger partial charge in [-0.2, -0.15) is 0 Å². The number of benzene rings is 3. The molecule has 0 fully saturated rings. The molecule has 0 spiro atoms. The number of hydrogen-bond acceptors (Lipinski definition) is 3. The SMILES string of the molecule is CCCNC(=O)[C@@H](Cc1ccccc1)N(Cc1ccccc1F)C(=O)COc1ccc(Cl)cc1Br. The summed E-state index contributed by atoms with van der Waals surface area (Å²) >= 11 is 9.36. The zero-order valence-corrected chi connectivity index (χ0v) is 21.7. The molecule has 1 N–H and O–H groups in total. The van der Waals surface area contributed by atoms with Crippen molar-refractivity contribution in [3.05, 3.63) is 99.2 Å². The summed E-state index contributed by atoms with van der Waals surface area (Å²) in [5.41, 5.74) is 1.20. The smallest absolute Gasteiger partial charge is 0.261 e. The van der Waals surface area contributed by atoms with Gasteiger partial charge in [-0.25, -0.2) is 4.39 Å². The van der Waals surface area contributed by atoms with Crippen LogP contribution in [-0.4, -0.2) is 35.9 Å². The van der Waals surface area contributed by atoms with Gasteiger partial charge in [0.2, 0.25) is 5.91 Å². The number of nitrogens with zero attached hydrogens (tertiary/aromatic N) is 1. The minimum absolute atomic E-state index is 0.0757. The number of nitrogens with one attached hydrogen (secondary N) is 1. The van der Waals surface area contributed by atoms with Gasteiger partial charge in [-0.3, -0.25) is 9.59 Å². The van der Waals surface area contributed by atoms with Crippen LogP contribution in [-0.2, 0) is 22.6 Å². The Balaban J connectivity index is 1.91. The summed E-state index contributed by atoms with van der Waals surface area (Å²) in [6.45, 7) is 2.02. The topological polar surface area (TPSA) is 58.6 Å². The summed E-state index contributed by atoms with van der Waals surface area (Å²) in [4.78, 5) is 28.1. The zero-order chi connectivity index (χ0) is 25.2. The number of halogens is 3. The van der Waals surface area contributed by atoms with E-state index in [2.05, 4.69) is 21.2 Å². The molecular weight excluding hydrogens is 535 g/mol. The Morgan fingerprint density at radius 1 is 1.09 bits per heavy atom. The van der Waals surface area contributed by atoms with Crippen LogP contribution in [0, 0.1) is 5.82 Å². The molecule has 0 radical (unpaired) electrons. The largest absolute Gasteiger partial charge is 0.483 e. The van der Waals surface area contributed by atoms with Gasteiger partial charge in [0, 0.05) is 30.1 Å². The van der Waals surface area contributed by atoms with E-state index < -0.39 is 17.8 Å². The van der Waals surface area contributed by atoms with Crippen LogP contribution in [0.4, 0.5) is 4.39 Å². The van der Waals surface area contributed by atoms with Crippen molar-refractivity contribution >= 4 is 39.3 Å². The van der Waals surface area contributed by atoms with E-state index in [1.54, 1.807) is 36.4 Å². The fourth-order valence-electron chi connectivity index (χ4n) is 3.54. The Bertz CT molecular complexity index is 1150. The van der Waals surface area contributed by atoms with Gasteiger partial charge in [-0.15, -0.1) is 0 Å². The van der Waals surface area contributed by atoms with E-state index in [4.69, 9.17) is 16.3 Å². The second-order valence-electron chi connectivity index (χ2n) is 7.97. The molecule has 0 saturated carbocycles. The molecule has 2 amide bonds. The third-order valence-electron chi connectivity index (χ3n) is 5.36. The zero-order valence-electron chi connectivity index (χ0n) is 19.3. The standard InChI is InChI=1S/C27H27BrClFN2O3/c1-2-14-31-27(34)24(15-19-8-4-3-5-9-19)32(17-20-10-6-7-11-23(20)30)26(33)18-35-25-13-12-21(29)16-22(25)28/h3-13,16,24H,2,14-15,17-18H2,1H3,(H,31,34)/t24-/m1/s1. The van der Waals surface area contributed by atoms with Crippen molar-refractivity contribution in [2.45, 2.75) is 32.4 Å². The monoisotopic (exact) mass is 560 g/mol. The van der Waals surface area contributed by atoms with Crippen LogP contribution in [0.3, 0.4) is 0 Å². The summed E-state index contributed by atoms with van der Waals surface area (Å²) in [6.07, 6.45) is 1.03. The maximum atomic E-state index is 14.6. The van der Waals surface area contributed by atoms with Crippen molar-refractivity contribution in [1.29, 1.82) is 0 Å². The molecule has 0 aliphatic rings. The molecule has 3 rings (SSSR count). The first-order chi connectivity index (χ1) is 16.9. The highest BCUT2D eigenvalue weighted by molar-refractivity contribution is 9.10. The Morgan fingerprint density at radius 3 is 2.49 bits per heavy atom. The average Bonchev–Trinajstić information content (AvgIpc) is 2.85. The van der Waals surface area contributed by atoms with E-state index in [-0.39, 0.29) is 25.5 Å². The minimum Gasteiger partial charge on any atom is -0.483 e. The molecule has 5 nitrogen and oxygen atoms in total. The van der Waals surface area contributed by atoms with Crippen LogP contribution in [0.1, 0.15) is 24.5 Å². The molecule has 0 aromatic heterocycles. The second kappa shape index (κ2) is 13.3. The summed E-state index contributed by atoms with van der Waals surface area (Å²) in [6, 6.07) is 19.8. The maximum Gasteiger partial charge on any atom is 0.261 e. The van der Waals surface area contributed by atoms with Crippen molar-refractivity contribution in [2.24, 2.45) is 0 Å². The van der Waals surface area contributed by atoms with Crippen molar-refractivity contribution in [2.75, 3.05) is 13.2 Å². The molecule has 3 aromatic rings. The normalized spacial score (nSPS) is 11.5. The van der Waals surface area contributed by atoms with E-state index in [0.717, 1.165) is 12.0 Å². The number of hydrogen-bond donors (Lipinski definition) is 1. The lowest BCUT2D eigenvalue weighted by Gasteiger charge is -2.31. The van der Waals surface area contributed by atoms with Crippen molar-refractivity contribution < 1.29 is 18.7 Å². The lowest BCUT2D eigenvalue weighted by molar-refractivity contribution is -0.142. The predicted molar refractivity (Wildman–Crippen MR) is 139 cm³/mol. The number of carbonyl (C=O) groups is 2. The van der Waals surface area contributed by atoms with Gasteiger partial charge in [0.05, 0.1) is 4.47 Å². The van der Waals surface area contributed by atoms with Crippen LogP contribution in [0.5, 0.6) is 5.75 Å². The molecule has 0 unspecified atom stereocenters. The summed E-state index contributed by atoms with van der Waals surface area (Å²) in [5, 5.41) is 3.41. The molecule has 35 heavy (non-hydrogen) atoms.